The number of rotatable bonds is 6. The van der Waals surface area contributed by atoms with Gasteiger partial charge in [-0.1, -0.05) is 25.1 Å². The van der Waals surface area contributed by atoms with Gasteiger partial charge < -0.3 is 10.1 Å². The molecule has 0 aliphatic carbocycles. The molecule has 2 aromatic rings. The first-order chi connectivity index (χ1) is 11.3. The highest BCUT2D eigenvalue weighted by molar-refractivity contribution is 7.89. The molecule has 0 heterocycles. The molecule has 0 spiro atoms. The second-order valence-corrected chi connectivity index (χ2v) is 6.89. The van der Waals surface area contributed by atoms with E-state index in [0.717, 1.165) is 12.0 Å². The van der Waals surface area contributed by atoms with Gasteiger partial charge in [0.25, 0.3) is 5.91 Å². The molecule has 2 rings (SSSR count). The van der Waals surface area contributed by atoms with Crippen molar-refractivity contribution in [2.75, 3.05) is 11.9 Å². The summed E-state index contributed by atoms with van der Waals surface area (Å²) in [4.78, 5) is 12.0. The Morgan fingerprint density at radius 2 is 1.96 bits per heavy atom. The summed E-state index contributed by atoms with van der Waals surface area (Å²) in [5, 5.41) is 7.75. The highest BCUT2D eigenvalue weighted by Crippen LogP contribution is 2.19. The van der Waals surface area contributed by atoms with Crippen molar-refractivity contribution < 1.29 is 17.9 Å². The SMILES string of the molecule is CCc1cccc(OCC(=O)Nc2ccc(C)c(S(N)(=O)=O)c2)c1. The Morgan fingerprint density at radius 1 is 1.21 bits per heavy atom. The van der Waals surface area contributed by atoms with E-state index in [1.807, 2.05) is 25.1 Å². The van der Waals surface area contributed by atoms with E-state index in [0.29, 0.717) is 17.0 Å². The number of carbonyl (C=O) groups excluding carboxylic acids is 1. The van der Waals surface area contributed by atoms with Gasteiger partial charge in [-0.3, -0.25) is 4.79 Å². The van der Waals surface area contributed by atoms with Crippen LogP contribution in [-0.2, 0) is 21.2 Å². The number of primary sulfonamides is 1. The van der Waals surface area contributed by atoms with Crippen LogP contribution >= 0.6 is 0 Å². The van der Waals surface area contributed by atoms with Gasteiger partial charge in [-0.25, -0.2) is 13.6 Å². The van der Waals surface area contributed by atoms with E-state index < -0.39 is 10.0 Å². The lowest BCUT2D eigenvalue weighted by Gasteiger charge is -2.10. The number of sulfonamides is 1. The zero-order valence-electron chi connectivity index (χ0n) is 13.6. The third-order valence-electron chi connectivity index (χ3n) is 3.46. The first kappa shape index (κ1) is 18.0. The molecule has 7 heteroatoms. The molecule has 0 bridgehead atoms. The molecule has 3 N–H and O–H groups in total. The van der Waals surface area contributed by atoms with Crippen LogP contribution in [0.25, 0.3) is 0 Å². The number of hydrogen-bond acceptors (Lipinski definition) is 4. The largest absolute Gasteiger partial charge is 0.484 e. The first-order valence-electron chi connectivity index (χ1n) is 7.44. The van der Waals surface area contributed by atoms with Gasteiger partial charge in [0.2, 0.25) is 10.0 Å². The zero-order chi connectivity index (χ0) is 17.7. The third-order valence-corrected chi connectivity index (χ3v) is 4.51. The first-order valence-corrected chi connectivity index (χ1v) is 8.99. The molecule has 0 aliphatic rings. The highest BCUT2D eigenvalue weighted by Gasteiger charge is 2.13. The number of benzene rings is 2. The molecule has 0 aliphatic heterocycles. The molecule has 0 radical (unpaired) electrons. The summed E-state index contributed by atoms with van der Waals surface area (Å²) < 4.78 is 28.5. The van der Waals surface area contributed by atoms with Gasteiger partial charge in [-0.15, -0.1) is 0 Å². The highest BCUT2D eigenvalue weighted by atomic mass is 32.2. The van der Waals surface area contributed by atoms with E-state index in [4.69, 9.17) is 9.88 Å². The lowest BCUT2D eigenvalue weighted by atomic mass is 10.2. The van der Waals surface area contributed by atoms with Gasteiger partial charge in [-0.05, 0) is 48.7 Å². The normalized spacial score (nSPS) is 11.1. The van der Waals surface area contributed by atoms with Crippen molar-refractivity contribution in [2.24, 2.45) is 5.14 Å². The monoisotopic (exact) mass is 348 g/mol. The van der Waals surface area contributed by atoms with Gasteiger partial charge in [0.05, 0.1) is 4.90 Å². The lowest BCUT2D eigenvalue weighted by molar-refractivity contribution is -0.118. The predicted molar refractivity (Wildman–Crippen MR) is 92.5 cm³/mol. The van der Waals surface area contributed by atoms with Crippen LogP contribution in [0.5, 0.6) is 5.75 Å². The standard InChI is InChI=1S/C17H20N2O4S/c1-3-13-5-4-6-15(9-13)23-11-17(20)19-14-8-7-12(2)16(10-14)24(18,21)22/h4-10H,3,11H2,1-2H3,(H,19,20)(H2,18,21,22). The van der Waals surface area contributed by atoms with Crippen molar-refractivity contribution in [3.8, 4) is 5.75 Å². The fourth-order valence-corrected chi connectivity index (χ4v) is 2.99. The molecular formula is C17H20N2O4S. The van der Waals surface area contributed by atoms with Crippen LogP contribution in [-0.4, -0.2) is 20.9 Å². The number of ether oxygens (including phenoxy) is 1. The maximum atomic E-state index is 12.0. The van der Waals surface area contributed by atoms with Crippen molar-refractivity contribution in [3.63, 3.8) is 0 Å². The van der Waals surface area contributed by atoms with Crippen LogP contribution in [0.4, 0.5) is 5.69 Å². The zero-order valence-corrected chi connectivity index (χ0v) is 14.4. The van der Waals surface area contributed by atoms with E-state index in [2.05, 4.69) is 5.32 Å². The fourth-order valence-electron chi connectivity index (χ4n) is 2.19. The second kappa shape index (κ2) is 7.46. The Morgan fingerprint density at radius 3 is 2.62 bits per heavy atom. The Labute approximate surface area is 141 Å². The third kappa shape index (κ3) is 4.81. The molecule has 24 heavy (non-hydrogen) atoms. The smallest absolute Gasteiger partial charge is 0.262 e. The molecule has 0 atom stereocenters. The summed E-state index contributed by atoms with van der Waals surface area (Å²) in [7, 11) is -3.84. The van der Waals surface area contributed by atoms with Crippen LogP contribution < -0.4 is 15.2 Å². The van der Waals surface area contributed by atoms with E-state index in [-0.39, 0.29) is 17.4 Å². The van der Waals surface area contributed by atoms with Crippen molar-refractivity contribution in [1.82, 2.24) is 0 Å². The van der Waals surface area contributed by atoms with Crippen LogP contribution in [0.2, 0.25) is 0 Å². The van der Waals surface area contributed by atoms with Crippen LogP contribution in [0, 0.1) is 6.92 Å². The van der Waals surface area contributed by atoms with Crippen molar-refractivity contribution >= 4 is 21.6 Å². The molecule has 0 fully saturated rings. The molecule has 1 amide bonds. The van der Waals surface area contributed by atoms with Crippen molar-refractivity contribution in [2.45, 2.75) is 25.2 Å². The quantitative estimate of drug-likeness (QED) is 0.836. The number of amides is 1. The summed E-state index contributed by atoms with van der Waals surface area (Å²) in [5.74, 6) is 0.222. The molecule has 128 valence electrons. The summed E-state index contributed by atoms with van der Waals surface area (Å²) in [5.41, 5.74) is 1.98. The second-order valence-electron chi connectivity index (χ2n) is 5.36. The van der Waals surface area contributed by atoms with Crippen LogP contribution in [0.15, 0.2) is 47.4 Å². The molecule has 0 unspecified atom stereocenters. The summed E-state index contributed by atoms with van der Waals surface area (Å²) in [6, 6.07) is 12.0. The molecule has 0 saturated carbocycles. The van der Waals surface area contributed by atoms with E-state index >= 15 is 0 Å². The molecule has 6 nitrogen and oxygen atoms in total. The Kier molecular flexibility index (Phi) is 5.58. The van der Waals surface area contributed by atoms with Gasteiger partial charge in [0.15, 0.2) is 6.61 Å². The number of anilines is 1. The van der Waals surface area contributed by atoms with Crippen LogP contribution in [0.3, 0.4) is 0 Å². The summed E-state index contributed by atoms with van der Waals surface area (Å²) in [6.07, 6.45) is 0.878. The average molecular weight is 348 g/mol. The summed E-state index contributed by atoms with van der Waals surface area (Å²) >= 11 is 0. The van der Waals surface area contributed by atoms with Gasteiger partial charge in [0.1, 0.15) is 5.75 Å². The predicted octanol–water partition coefficient (Wildman–Crippen LogP) is 2.22. The topological polar surface area (TPSA) is 98.5 Å². The van der Waals surface area contributed by atoms with Crippen LogP contribution in [0.1, 0.15) is 18.1 Å². The Bertz CT molecular complexity index is 847. The van der Waals surface area contributed by atoms with Crippen molar-refractivity contribution in [3.05, 3.63) is 53.6 Å². The minimum Gasteiger partial charge on any atom is -0.484 e. The number of carbonyl (C=O) groups is 1. The van der Waals surface area contributed by atoms with Gasteiger partial charge >= 0.3 is 0 Å². The Hall–Kier alpha value is -2.38. The number of hydrogen-bond donors (Lipinski definition) is 2. The lowest BCUT2D eigenvalue weighted by Crippen LogP contribution is -2.21. The minimum atomic E-state index is -3.84. The molecule has 0 saturated heterocycles. The van der Waals surface area contributed by atoms with E-state index in [1.54, 1.807) is 25.1 Å². The summed E-state index contributed by atoms with van der Waals surface area (Å²) in [6.45, 7) is 3.49. The van der Waals surface area contributed by atoms with E-state index in [9.17, 15) is 13.2 Å². The maximum absolute atomic E-state index is 12.0. The molecule has 2 aromatic carbocycles. The Balaban J connectivity index is 2.02. The van der Waals surface area contributed by atoms with Crippen molar-refractivity contribution in [1.29, 1.82) is 0 Å². The fraction of sp³-hybridized carbons (Fsp3) is 0.235. The minimum absolute atomic E-state index is 0.0168. The average Bonchev–Trinajstić information content (AvgIpc) is 2.54. The molecular weight excluding hydrogens is 328 g/mol. The van der Waals surface area contributed by atoms with Gasteiger partial charge in [-0.2, -0.15) is 0 Å². The molecule has 0 aromatic heterocycles. The number of nitrogens with one attached hydrogen (secondary N) is 1. The van der Waals surface area contributed by atoms with Gasteiger partial charge in [0, 0.05) is 5.69 Å². The number of nitrogens with two attached hydrogens (primary N) is 1. The maximum Gasteiger partial charge on any atom is 0.262 e. The van der Waals surface area contributed by atoms with E-state index in [1.165, 1.54) is 6.07 Å². The number of aryl methyl sites for hydroxylation is 2.